The summed E-state index contributed by atoms with van der Waals surface area (Å²) < 4.78 is 1.33. The molecule has 0 aliphatic heterocycles. The van der Waals surface area contributed by atoms with E-state index in [-0.39, 0.29) is 17.0 Å². The number of aromatic carboxylic acids is 1. The summed E-state index contributed by atoms with van der Waals surface area (Å²) in [5.41, 5.74) is 0.134. The van der Waals surface area contributed by atoms with Crippen molar-refractivity contribution in [1.29, 1.82) is 0 Å². The van der Waals surface area contributed by atoms with Crippen LogP contribution in [0.1, 0.15) is 16.2 Å². The Balaban J connectivity index is 2.90. The fourth-order valence-corrected chi connectivity index (χ4v) is 1.33. The number of carboxylic acid groups (broad SMARTS) is 1. The van der Waals surface area contributed by atoms with Gasteiger partial charge in [-0.25, -0.2) is 9.78 Å². The first-order valence-corrected chi connectivity index (χ1v) is 3.91. The van der Waals surface area contributed by atoms with Gasteiger partial charge in [0, 0.05) is 12.3 Å². The lowest BCUT2D eigenvalue weighted by molar-refractivity contribution is 0.0688. The molecule has 0 bridgehead atoms. The molecule has 0 atom stereocenters. The summed E-state index contributed by atoms with van der Waals surface area (Å²) in [6, 6.07) is 1.25. The normalized spacial score (nSPS) is 10.6. The van der Waals surface area contributed by atoms with Crippen LogP contribution in [0.25, 0.3) is 5.78 Å². The Hall–Kier alpha value is -2.11. The standard InChI is InChI=1S/C8H7N3O3/c1-4-6(7(13)14)11-3-2-5(12)10-8(11)9-4/h2-3H,1H3,(H,13,14)(H,9,10,12). The highest BCUT2D eigenvalue weighted by molar-refractivity contribution is 5.87. The van der Waals surface area contributed by atoms with Crippen LogP contribution < -0.4 is 5.56 Å². The maximum atomic E-state index is 10.9. The molecule has 0 saturated heterocycles. The molecule has 0 radical (unpaired) electrons. The number of fused-ring (bicyclic) bond motifs is 1. The second-order valence-electron chi connectivity index (χ2n) is 2.85. The van der Waals surface area contributed by atoms with Gasteiger partial charge < -0.3 is 5.11 Å². The number of hydrogen-bond donors (Lipinski definition) is 2. The van der Waals surface area contributed by atoms with Gasteiger partial charge >= 0.3 is 5.97 Å². The lowest BCUT2D eigenvalue weighted by atomic mass is 10.3. The van der Waals surface area contributed by atoms with Gasteiger partial charge in [-0.3, -0.25) is 14.2 Å². The van der Waals surface area contributed by atoms with Crippen LogP contribution in [-0.4, -0.2) is 25.4 Å². The number of hydrogen-bond acceptors (Lipinski definition) is 3. The van der Waals surface area contributed by atoms with E-state index in [0.717, 1.165) is 0 Å². The van der Waals surface area contributed by atoms with Crippen molar-refractivity contribution in [2.75, 3.05) is 0 Å². The van der Waals surface area contributed by atoms with E-state index in [1.54, 1.807) is 6.92 Å². The van der Waals surface area contributed by atoms with Crippen LogP contribution >= 0.6 is 0 Å². The van der Waals surface area contributed by atoms with Gasteiger partial charge in [-0.15, -0.1) is 0 Å². The molecule has 0 saturated carbocycles. The van der Waals surface area contributed by atoms with E-state index >= 15 is 0 Å². The molecule has 6 heteroatoms. The topological polar surface area (TPSA) is 87.5 Å². The minimum Gasteiger partial charge on any atom is -0.477 e. The molecule has 72 valence electrons. The highest BCUT2D eigenvalue weighted by atomic mass is 16.4. The zero-order valence-electron chi connectivity index (χ0n) is 7.31. The minimum absolute atomic E-state index is 0.0660. The first kappa shape index (κ1) is 8.49. The van der Waals surface area contributed by atoms with Gasteiger partial charge in [0.15, 0.2) is 5.69 Å². The zero-order chi connectivity index (χ0) is 10.3. The number of carboxylic acids is 1. The fraction of sp³-hybridized carbons (Fsp3) is 0.125. The van der Waals surface area contributed by atoms with Gasteiger partial charge in [0.05, 0.1) is 5.69 Å². The number of rotatable bonds is 1. The molecule has 2 aromatic heterocycles. The monoisotopic (exact) mass is 193 g/mol. The van der Waals surface area contributed by atoms with Crippen LogP contribution in [0.5, 0.6) is 0 Å². The molecule has 0 unspecified atom stereocenters. The molecule has 2 rings (SSSR count). The molecule has 2 aromatic rings. The van der Waals surface area contributed by atoms with E-state index in [9.17, 15) is 9.59 Å². The molecule has 0 aliphatic carbocycles. The zero-order valence-corrected chi connectivity index (χ0v) is 7.31. The number of carbonyl (C=O) groups is 1. The SMILES string of the molecule is Cc1nc2[nH]c(=O)ccn2c1C(=O)O. The Morgan fingerprint density at radius 2 is 2.36 bits per heavy atom. The maximum Gasteiger partial charge on any atom is 0.354 e. The van der Waals surface area contributed by atoms with Crippen molar-refractivity contribution in [1.82, 2.24) is 14.4 Å². The van der Waals surface area contributed by atoms with Crippen LogP contribution in [0, 0.1) is 6.92 Å². The number of aromatic amines is 1. The summed E-state index contributed by atoms with van der Waals surface area (Å²) in [6.45, 7) is 1.58. The van der Waals surface area contributed by atoms with E-state index in [2.05, 4.69) is 9.97 Å². The second kappa shape index (κ2) is 2.69. The second-order valence-corrected chi connectivity index (χ2v) is 2.85. The molecule has 14 heavy (non-hydrogen) atoms. The van der Waals surface area contributed by atoms with Gasteiger partial charge in [-0.2, -0.15) is 0 Å². The highest BCUT2D eigenvalue weighted by Gasteiger charge is 2.15. The van der Waals surface area contributed by atoms with E-state index in [4.69, 9.17) is 5.11 Å². The third kappa shape index (κ3) is 1.08. The van der Waals surface area contributed by atoms with Crippen LogP contribution in [0.4, 0.5) is 0 Å². The van der Waals surface area contributed by atoms with Gasteiger partial charge in [0.1, 0.15) is 0 Å². The van der Waals surface area contributed by atoms with E-state index in [1.165, 1.54) is 16.7 Å². The van der Waals surface area contributed by atoms with Crippen molar-refractivity contribution in [3.05, 3.63) is 34.0 Å². The van der Waals surface area contributed by atoms with Crippen LogP contribution in [0.2, 0.25) is 0 Å². The van der Waals surface area contributed by atoms with Crippen LogP contribution in [-0.2, 0) is 0 Å². The van der Waals surface area contributed by atoms with Gasteiger partial charge in [-0.05, 0) is 6.92 Å². The Labute approximate surface area is 77.8 Å². The predicted octanol–water partition coefficient (Wildman–Crippen LogP) is 0.0292. The van der Waals surface area contributed by atoms with Crippen molar-refractivity contribution in [3.8, 4) is 0 Å². The molecular weight excluding hydrogens is 186 g/mol. The fourth-order valence-electron chi connectivity index (χ4n) is 1.33. The number of aromatic nitrogens is 3. The predicted molar refractivity (Wildman–Crippen MR) is 47.5 cm³/mol. The average Bonchev–Trinajstić information content (AvgIpc) is 2.39. The van der Waals surface area contributed by atoms with Crippen molar-refractivity contribution in [2.24, 2.45) is 0 Å². The number of nitrogens with one attached hydrogen (secondary N) is 1. The minimum atomic E-state index is -1.07. The quantitative estimate of drug-likeness (QED) is 0.668. The molecule has 6 nitrogen and oxygen atoms in total. The maximum absolute atomic E-state index is 10.9. The number of aryl methyl sites for hydroxylation is 1. The van der Waals surface area contributed by atoms with E-state index in [0.29, 0.717) is 5.69 Å². The summed E-state index contributed by atoms with van der Waals surface area (Å²) in [4.78, 5) is 28.1. The summed E-state index contributed by atoms with van der Waals surface area (Å²) in [6.07, 6.45) is 1.39. The average molecular weight is 193 g/mol. The lowest BCUT2D eigenvalue weighted by Gasteiger charge is -1.94. The largest absolute Gasteiger partial charge is 0.477 e. The number of nitrogens with zero attached hydrogens (tertiary/aromatic N) is 2. The van der Waals surface area contributed by atoms with E-state index in [1.807, 2.05) is 0 Å². The van der Waals surface area contributed by atoms with Crippen molar-refractivity contribution < 1.29 is 9.90 Å². The number of imidazole rings is 1. The third-order valence-electron chi connectivity index (χ3n) is 1.90. The molecule has 2 heterocycles. The molecule has 0 aromatic carbocycles. The summed E-state index contributed by atoms with van der Waals surface area (Å²) >= 11 is 0. The molecule has 0 fully saturated rings. The Morgan fingerprint density at radius 1 is 1.64 bits per heavy atom. The summed E-state index contributed by atoms with van der Waals surface area (Å²) in [5.74, 6) is -0.825. The van der Waals surface area contributed by atoms with Gasteiger partial charge in [0.2, 0.25) is 5.78 Å². The highest BCUT2D eigenvalue weighted by Crippen LogP contribution is 2.08. The first-order valence-electron chi connectivity index (χ1n) is 3.91. The smallest absolute Gasteiger partial charge is 0.354 e. The van der Waals surface area contributed by atoms with Crippen molar-refractivity contribution in [3.63, 3.8) is 0 Å². The van der Waals surface area contributed by atoms with E-state index < -0.39 is 5.97 Å². The molecule has 0 spiro atoms. The number of H-pyrrole nitrogens is 1. The van der Waals surface area contributed by atoms with Crippen LogP contribution in [0.15, 0.2) is 17.1 Å². The molecule has 0 amide bonds. The first-order chi connectivity index (χ1) is 6.59. The Kier molecular flexibility index (Phi) is 1.63. The van der Waals surface area contributed by atoms with Crippen molar-refractivity contribution in [2.45, 2.75) is 6.92 Å². The Morgan fingerprint density at radius 3 is 3.00 bits per heavy atom. The molecular formula is C8H7N3O3. The van der Waals surface area contributed by atoms with Crippen molar-refractivity contribution >= 4 is 11.7 Å². The summed E-state index contributed by atoms with van der Waals surface area (Å²) in [5, 5.41) is 8.87. The van der Waals surface area contributed by atoms with Gasteiger partial charge in [-0.1, -0.05) is 0 Å². The Bertz CT molecular complexity index is 567. The summed E-state index contributed by atoms with van der Waals surface area (Å²) in [7, 11) is 0. The third-order valence-corrected chi connectivity index (χ3v) is 1.90. The van der Waals surface area contributed by atoms with Crippen LogP contribution in [0.3, 0.4) is 0 Å². The lowest BCUT2D eigenvalue weighted by Crippen LogP contribution is -2.09. The van der Waals surface area contributed by atoms with Gasteiger partial charge in [0.25, 0.3) is 5.56 Å². The molecule has 0 aliphatic rings. The molecule has 2 N–H and O–H groups in total.